The number of pyridine rings is 1. The number of carbonyl (C=O) groups excluding carboxylic acids is 1. The molecule has 0 spiro atoms. The van der Waals surface area contributed by atoms with Crippen LogP contribution in [-0.2, 0) is 4.79 Å². The van der Waals surface area contributed by atoms with Crippen molar-refractivity contribution >= 4 is 27.7 Å². The molecule has 0 bridgehead atoms. The van der Waals surface area contributed by atoms with Crippen LogP contribution in [-0.4, -0.2) is 10.9 Å². The normalized spacial score (nSPS) is 22.0. The molecular formula is C15H21BrN2O. The van der Waals surface area contributed by atoms with Gasteiger partial charge in [0, 0.05) is 10.4 Å². The van der Waals surface area contributed by atoms with E-state index in [4.69, 9.17) is 0 Å². The molecule has 4 heteroatoms. The molecule has 1 atom stereocenters. The lowest BCUT2D eigenvalue weighted by molar-refractivity contribution is -0.124. The third kappa shape index (κ3) is 3.35. The molecule has 1 aliphatic carbocycles. The van der Waals surface area contributed by atoms with Crippen LogP contribution in [0, 0.1) is 18.3 Å². The lowest BCUT2D eigenvalue weighted by Gasteiger charge is -2.37. The maximum atomic E-state index is 12.4. The largest absolute Gasteiger partial charge is 0.310 e. The molecule has 0 aromatic carbocycles. The average molecular weight is 325 g/mol. The summed E-state index contributed by atoms with van der Waals surface area (Å²) in [6.07, 6.45) is 4.48. The molecule has 104 valence electrons. The predicted molar refractivity (Wildman–Crippen MR) is 81.0 cm³/mol. The lowest BCUT2D eigenvalue weighted by Crippen LogP contribution is -2.37. The molecule has 1 fully saturated rings. The quantitative estimate of drug-likeness (QED) is 0.880. The van der Waals surface area contributed by atoms with Gasteiger partial charge in [0.25, 0.3) is 0 Å². The first kappa shape index (κ1) is 14.5. The van der Waals surface area contributed by atoms with Gasteiger partial charge in [-0.25, -0.2) is 4.98 Å². The zero-order valence-corrected chi connectivity index (χ0v) is 13.4. The fourth-order valence-electron chi connectivity index (χ4n) is 2.81. The molecule has 19 heavy (non-hydrogen) atoms. The lowest BCUT2D eigenvalue weighted by atomic mass is 9.68. The third-order valence-corrected chi connectivity index (χ3v) is 4.93. The summed E-state index contributed by atoms with van der Waals surface area (Å²) >= 11 is 3.42. The standard InChI is InChI=1S/C15H21BrN2O/c1-10-12(16)7-8-13(17-10)18-14(19)11-6-4-5-9-15(11,2)3/h7-8,11H,4-6,9H2,1-3H3,(H,17,18,19). The van der Waals surface area contributed by atoms with Crippen molar-refractivity contribution in [2.75, 3.05) is 5.32 Å². The number of nitrogens with zero attached hydrogens (tertiary/aromatic N) is 1. The van der Waals surface area contributed by atoms with E-state index in [1.54, 1.807) is 0 Å². The highest BCUT2D eigenvalue weighted by molar-refractivity contribution is 9.10. The van der Waals surface area contributed by atoms with E-state index in [1.165, 1.54) is 6.42 Å². The van der Waals surface area contributed by atoms with Crippen LogP contribution in [0.5, 0.6) is 0 Å². The van der Waals surface area contributed by atoms with E-state index in [9.17, 15) is 4.79 Å². The average Bonchev–Trinajstić information content (AvgIpc) is 2.33. The second-order valence-electron chi connectivity index (χ2n) is 6.04. The first-order valence-electron chi connectivity index (χ1n) is 6.84. The molecule has 1 unspecified atom stereocenters. The summed E-state index contributed by atoms with van der Waals surface area (Å²) in [7, 11) is 0. The number of aryl methyl sites for hydroxylation is 1. The summed E-state index contributed by atoms with van der Waals surface area (Å²) < 4.78 is 0.962. The summed E-state index contributed by atoms with van der Waals surface area (Å²) in [4.78, 5) is 16.8. The minimum Gasteiger partial charge on any atom is -0.310 e. The minimum absolute atomic E-state index is 0.0898. The zero-order chi connectivity index (χ0) is 14.0. The minimum atomic E-state index is 0.0898. The molecule has 1 aliphatic rings. The molecule has 0 aliphatic heterocycles. The third-order valence-electron chi connectivity index (χ3n) is 4.10. The number of halogens is 1. The molecule has 1 aromatic heterocycles. The Morgan fingerprint density at radius 3 is 2.79 bits per heavy atom. The van der Waals surface area contributed by atoms with Gasteiger partial charge in [0.2, 0.25) is 5.91 Å². The van der Waals surface area contributed by atoms with Crippen molar-refractivity contribution in [2.45, 2.75) is 46.5 Å². The van der Waals surface area contributed by atoms with E-state index >= 15 is 0 Å². The summed E-state index contributed by atoms with van der Waals surface area (Å²) in [6, 6.07) is 3.76. The second kappa shape index (κ2) is 5.61. The monoisotopic (exact) mass is 324 g/mol. The van der Waals surface area contributed by atoms with E-state index in [2.05, 4.69) is 40.1 Å². The second-order valence-corrected chi connectivity index (χ2v) is 6.89. The maximum absolute atomic E-state index is 12.4. The number of anilines is 1. The number of aromatic nitrogens is 1. The first-order chi connectivity index (χ1) is 8.90. The van der Waals surface area contributed by atoms with Gasteiger partial charge in [-0.05, 0) is 53.2 Å². The number of rotatable bonds is 2. The Morgan fingerprint density at radius 1 is 1.42 bits per heavy atom. The highest BCUT2D eigenvalue weighted by Crippen LogP contribution is 2.40. The smallest absolute Gasteiger partial charge is 0.229 e. The van der Waals surface area contributed by atoms with Crippen LogP contribution in [0.15, 0.2) is 16.6 Å². The predicted octanol–water partition coefficient (Wildman–Crippen LogP) is 4.31. The molecule has 3 nitrogen and oxygen atoms in total. The van der Waals surface area contributed by atoms with Crippen molar-refractivity contribution in [1.29, 1.82) is 0 Å². The van der Waals surface area contributed by atoms with E-state index in [0.29, 0.717) is 5.82 Å². The van der Waals surface area contributed by atoms with Crippen molar-refractivity contribution in [3.63, 3.8) is 0 Å². The highest BCUT2D eigenvalue weighted by atomic mass is 79.9. The van der Waals surface area contributed by atoms with Gasteiger partial charge in [-0.3, -0.25) is 4.79 Å². The summed E-state index contributed by atoms with van der Waals surface area (Å²) in [6.45, 7) is 6.30. The summed E-state index contributed by atoms with van der Waals surface area (Å²) in [5, 5.41) is 2.96. The fraction of sp³-hybridized carbons (Fsp3) is 0.600. The van der Waals surface area contributed by atoms with Gasteiger partial charge in [-0.15, -0.1) is 0 Å². The van der Waals surface area contributed by atoms with Crippen molar-refractivity contribution in [3.8, 4) is 0 Å². The Labute approximate surface area is 123 Å². The SMILES string of the molecule is Cc1nc(NC(=O)C2CCCCC2(C)C)ccc1Br. The van der Waals surface area contributed by atoms with E-state index in [-0.39, 0.29) is 17.2 Å². The number of amides is 1. The topological polar surface area (TPSA) is 42.0 Å². The highest BCUT2D eigenvalue weighted by Gasteiger charge is 2.37. The van der Waals surface area contributed by atoms with Gasteiger partial charge in [-0.2, -0.15) is 0 Å². The van der Waals surface area contributed by atoms with Crippen LogP contribution >= 0.6 is 15.9 Å². The van der Waals surface area contributed by atoms with Gasteiger partial charge in [-0.1, -0.05) is 26.7 Å². The zero-order valence-electron chi connectivity index (χ0n) is 11.8. The van der Waals surface area contributed by atoms with Crippen molar-refractivity contribution < 1.29 is 4.79 Å². The molecule has 0 radical (unpaired) electrons. The number of hydrogen-bond donors (Lipinski definition) is 1. The number of nitrogens with one attached hydrogen (secondary N) is 1. The molecule has 1 saturated carbocycles. The van der Waals surface area contributed by atoms with Crippen LogP contribution < -0.4 is 5.32 Å². The van der Waals surface area contributed by atoms with Crippen LogP contribution in [0.1, 0.15) is 45.2 Å². The van der Waals surface area contributed by atoms with Gasteiger partial charge >= 0.3 is 0 Å². The van der Waals surface area contributed by atoms with E-state index in [0.717, 1.165) is 29.4 Å². The van der Waals surface area contributed by atoms with Crippen molar-refractivity contribution in [1.82, 2.24) is 4.98 Å². The number of carbonyl (C=O) groups is 1. The molecular weight excluding hydrogens is 304 g/mol. The van der Waals surface area contributed by atoms with Gasteiger partial charge in [0.1, 0.15) is 5.82 Å². The summed E-state index contributed by atoms with van der Waals surface area (Å²) in [5.74, 6) is 0.845. The molecule has 1 amide bonds. The van der Waals surface area contributed by atoms with E-state index < -0.39 is 0 Å². The van der Waals surface area contributed by atoms with Gasteiger partial charge in [0.05, 0.1) is 5.69 Å². The maximum Gasteiger partial charge on any atom is 0.229 e. The number of hydrogen-bond acceptors (Lipinski definition) is 2. The molecule has 1 heterocycles. The van der Waals surface area contributed by atoms with Crippen LogP contribution in [0.3, 0.4) is 0 Å². The van der Waals surface area contributed by atoms with Crippen LogP contribution in [0.4, 0.5) is 5.82 Å². The van der Waals surface area contributed by atoms with Crippen LogP contribution in [0.25, 0.3) is 0 Å². The molecule has 1 aromatic rings. The molecule has 1 N–H and O–H groups in total. The Morgan fingerprint density at radius 2 is 2.16 bits per heavy atom. The summed E-state index contributed by atoms with van der Waals surface area (Å²) in [5.41, 5.74) is 0.980. The molecule has 2 rings (SSSR count). The Balaban J connectivity index is 2.09. The van der Waals surface area contributed by atoms with Gasteiger partial charge in [0.15, 0.2) is 0 Å². The Kier molecular flexibility index (Phi) is 4.29. The van der Waals surface area contributed by atoms with Crippen molar-refractivity contribution in [3.05, 3.63) is 22.3 Å². The van der Waals surface area contributed by atoms with Crippen LogP contribution in [0.2, 0.25) is 0 Å². The Bertz CT molecular complexity index is 485. The fourth-order valence-corrected chi connectivity index (χ4v) is 3.03. The van der Waals surface area contributed by atoms with E-state index in [1.807, 2.05) is 19.1 Å². The Hall–Kier alpha value is -0.900. The van der Waals surface area contributed by atoms with Crippen molar-refractivity contribution in [2.24, 2.45) is 11.3 Å². The van der Waals surface area contributed by atoms with Gasteiger partial charge < -0.3 is 5.32 Å². The first-order valence-corrected chi connectivity index (χ1v) is 7.63. The molecule has 0 saturated heterocycles.